The Kier molecular flexibility index (Phi) is 3.20. The maximum Gasteiger partial charge on any atom is 0.241 e. The molecule has 2 rings (SSSR count). The molecule has 0 radical (unpaired) electrons. The van der Waals surface area contributed by atoms with Gasteiger partial charge in [0.1, 0.15) is 0 Å². The van der Waals surface area contributed by atoms with Crippen molar-refractivity contribution >= 4 is 10.0 Å². The van der Waals surface area contributed by atoms with Crippen molar-refractivity contribution < 1.29 is 8.42 Å². The summed E-state index contributed by atoms with van der Waals surface area (Å²) >= 11 is 0. The molecule has 18 heavy (non-hydrogen) atoms. The van der Waals surface area contributed by atoms with E-state index in [0.29, 0.717) is 6.54 Å². The summed E-state index contributed by atoms with van der Waals surface area (Å²) in [6.45, 7) is 4.80. The predicted octanol–water partition coefficient (Wildman–Crippen LogP) is 0.980. The van der Waals surface area contributed by atoms with Gasteiger partial charge in [-0.15, -0.1) is 6.42 Å². The Morgan fingerprint density at radius 3 is 2.67 bits per heavy atom. The van der Waals surface area contributed by atoms with Gasteiger partial charge < -0.3 is 5.32 Å². The van der Waals surface area contributed by atoms with Crippen LogP contribution in [0.25, 0.3) is 0 Å². The summed E-state index contributed by atoms with van der Waals surface area (Å²) in [7, 11) is -3.57. The Bertz CT molecular complexity index is 612. The molecular weight excluding hydrogens is 248 g/mol. The van der Waals surface area contributed by atoms with E-state index < -0.39 is 15.6 Å². The maximum atomic E-state index is 12.2. The molecule has 96 valence electrons. The van der Waals surface area contributed by atoms with Gasteiger partial charge in [-0.05, 0) is 37.1 Å². The number of hydrogen-bond acceptors (Lipinski definition) is 3. The van der Waals surface area contributed by atoms with Crippen molar-refractivity contribution in [1.29, 1.82) is 0 Å². The number of terminal acetylenes is 1. The summed E-state index contributed by atoms with van der Waals surface area (Å²) in [5, 5.41) is 3.18. The van der Waals surface area contributed by atoms with Gasteiger partial charge in [0.2, 0.25) is 10.0 Å². The van der Waals surface area contributed by atoms with Crippen molar-refractivity contribution in [2.75, 3.05) is 0 Å². The largest absolute Gasteiger partial charge is 0.309 e. The van der Waals surface area contributed by atoms with Crippen LogP contribution in [0.4, 0.5) is 0 Å². The highest BCUT2D eigenvalue weighted by molar-refractivity contribution is 7.89. The van der Waals surface area contributed by atoms with E-state index in [2.05, 4.69) is 16.0 Å². The van der Waals surface area contributed by atoms with Crippen LogP contribution in [0.2, 0.25) is 0 Å². The number of nitrogens with one attached hydrogen (secondary N) is 2. The molecule has 0 spiro atoms. The quantitative estimate of drug-likeness (QED) is 0.800. The number of benzene rings is 1. The first-order chi connectivity index (χ1) is 8.34. The fraction of sp³-hybridized carbons (Fsp3) is 0.385. The minimum atomic E-state index is -3.57. The summed E-state index contributed by atoms with van der Waals surface area (Å²) in [6.07, 6.45) is 5.29. The van der Waals surface area contributed by atoms with Gasteiger partial charge in [-0.2, -0.15) is 4.72 Å². The zero-order chi connectivity index (χ0) is 13.4. The molecule has 0 saturated heterocycles. The van der Waals surface area contributed by atoms with E-state index in [1.807, 2.05) is 6.07 Å². The molecule has 4 nitrogen and oxygen atoms in total. The zero-order valence-electron chi connectivity index (χ0n) is 10.4. The van der Waals surface area contributed by atoms with Crippen LogP contribution in [-0.2, 0) is 23.1 Å². The summed E-state index contributed by atoms with van der Waals surface area (Å²) < 4.78 is 26.9. The third-order valence-corrected chi connectivity index (χ3v) is 4.52. The van der Waals surface area contributed by atoms with Crippen LogP contribution in [0, 0.1) is 12.3 Å². The first-order valence-electron chi connectivity index (χ1n) is 5.68. The van der Waals surface area contributed by atoms with Crippen molar-refractivity contribution in [2.45, 2.75) is 37.4 Å². The minimum absolute atomic E-state index is 0.258. The fourth-order valence-electron chi connectivity index (χ4n) is 1.86. The Balaban J connectivity index is 2.34. The lowest BCUT2D eigenvalue weighted by molar-refractivity contribution is 0.539. The minimum Gasteiger partial charge on any atom is -0.309 e. The first-order valence-corrected chi connectivity index (χ1v) is 7.17. The number of rotatable bonds is 3. The van der Waals surface area contributed by atoms with E-state index in [1.165, 1.54) is 0 Å². The summed E-state index contributed by atoms with van der Waals surface area (Å²) in [5.41, 5.74) is 1.28. The van der Waals surface area contributed by atoms with E-state index in [0.717, 1.165) is 17.7 Å². The molecule has 1 aliphatic rings. The standard InChI is InChI=1S/C13H16N2O2S/c1-4-13(2,3)15-18(16,17)12-6-5-10-8-14-9-11(10)7-12/h1,5-7,14-15H,8-9H2,2-3H3. The second-order valence-corrected chi connectivity index (χ2v) is 6.59. The number of fused-ring (bicyclic) bond motifs is 1. The van der Waals surface area contributed by atoms with Crippen LogP contribution in [0.1, 0.15) is 25.0 Å². The van der Waals surface area contributed by atoms with Gasteiger partial charge in [-0.25, -0.2) is 8.42 Å². The van der Waals surface area contributed by atoms with Crippen LogP contribution in [0.15, 0.2) is 23.1 Å². The van der Waals surface area contributed by atoms with Crippen LogP contribution in [-0.4, -0.2) is 14.0 Å². The molecule has 0 saturated carbocycles. The summed E-state index contributed by atoms with van der Waals surface area (Å²) in [4.78, 5) is 0.258. The van der Waals surface area contributed by atoms with Gasteiger partial charge in [0.25, 0.3) is 0 Å². The average Bonchev–Trinajstić information content (AvgIpc) is 2.74. The molecule has 0 fully saturated rings. The molecule has 1 heterocycles. The lowest BCUT2D eigenvalue weighted by atomic mass is 10.1. The average molecular weight is 264 g/mol. The van der Waals surface area contributed by atoms with E-state index in [9.17, 15) is 8.42 Å². The van der Waals surface area contributed by atoms with Gasteiger partial charge in [0, 0.05) is 13.1 Å². The Labute approximate surface area is 108 Å². The molecule has 1 aromatic carbocycles. The zero-order valence-corrected chi connectivity index (χ0v) is 11.3. The second kappa shape index (κ2) is 4.39. The van der Waals surface area contributed by atoms with Crippen molar-refractivity contribution in [3.63, 3.8) is 0 Å². The van der Waals surface area contributed by atoms with E-state index >= 15 is 0 Å². The van der Waals surface area contributed by atoms with Crippen molar-refractivity contribution in [3.8, 4) is 12.3 Å². The predicted molar refractivity (Wildman–Crippen MR) is 70.2 cm³/mol. The number of sulfonamides is 1. The fourth-order valence-corrected chi connectivity index (χ4v) is 3.26. The molecule has 0 atom stereocenters. The molecular formula is C13H16N2O2S. The van der Waals surface area contributed by atoms with Crippen molar-refractivity contribution in [3.05, 3.63) is 29.3 Å². The molecule has 0 unspecified atom stereocenters. The van der Waals surface area contributed by atoms with Crippen LogP contribution >= 0.6 is 0 Å². The number of hydrogen-bond donors (Lipinski definition) is 2. The molecule has 0 amide bonds. The molecule has 1 aliphatic heterocycles. The lowest BCUT2D eigenvalue weighted by Crippen LogP contribution is -2.41. The molecule has 0 bridgehead atoms. The van der Waals surface area contributed by atoms with Crippen molar-refractivity contribution in [2.24, 2.45) is 0 Å². The molecule has 0 aliphatic carbocycles. The highest BCUT2D eigenvalue weighted by Crippen LogP contribution is 2.20. The van der Waals surface area contributed by atoms with Crippen LogP contribution in [0.3, 0.4) is 0 Å². The summed E-state index contributed by atoms with van der Waals surface area (Å²) in [5.74, 6) is 2.42. The second-order valence-electron chi connectivity index (χ2n) is 4.91. The monoisotopic (exact) mass is 264 g/mol. The van der Waals surface area contributed by atoms with Gasteiger partial charge in [0.05, 0.1) is 10.4 Å². The van der Waals surface area contributed by atoms with Crippen LogP contribution < -0.4 is 10.0 Å². The third-order valence-electron chi connectivity index (χ3n) is 2.87. The van der Waals surface area contributed by atoms with Crippen molar-refractivity contribution in [1.82, 2.24) is 10.0 Å². The van der Waals surface area contributed by atoms with Gasteiger partial charge in [0.15, 0.2) is 0 Å². The lowest BCUT2D eigenvalue weighted by Gasteiger charge is -2.19. The van der Waals surface area contributed by atoms with Gasteiger partial charge >= 0.3 is 0 Å². The first kappa shape index (κ1) is 13.1. The Morgan fingerprint density at radius 2 is 2.00 bits per heavy atom. The van der Waals surface area contributed by atoms with E-state index in [1.54, 1.807) is 26.0 Å². The molecule has 1 aromatic rings. The van der Waals surface area contributed by atoms with Gasteiger partial charge in [-0.3, -0.25) is 0 Å². The highest BCUT2D eigenvalue weighted by Gasteiger charge is 2.25. The molecule has 0 aromatic heterocycles. The van der Waals surface area contributed by atoms with E-state index in [-0.39, 0.29) is 4.90 Å². The Hall–Kier alpha value is -1.35. The normalized spacial score (nSPS) is 15.2. The topological polar surface area (TPSA) is 58.2 Å². The SMILES string of the molecule is C#CC(C)(C)NS(=O)(=O)c1ccc2c(c1)CNC2. The Morgan fingerprint density at radius 1 is 1.33 bits per heavy atom. The molecule has 5 heteroatoms. The maximum absolute atomic E-state index is 12.2. The van der Waals surface area contributed by atoms with Crippen LogP contribution in [0.5, 0.6) is 0 Å². The van der Waals surface area contributed by atoms with Gasteiger partial charge in [-0.1, -0.05) is 12.0 Å². The summed E-state index contributed by atoms with van der Waals surface area (Å²) in [6, 6.07) is 5.15. The van der Waals surface area contributed by atoms with E-state index in [4.69, 9.17) is 6.42 Å². The molecule has 2 N–H and O–H groups in total. The highest BCUT2D eigenvalue weighted by atomic mass is 32.2. The smallest absolute Gasteiger partial charge is 0.241 e. The third kappa shape index (κ3) is 2.56.